The summed E-state index contributed by atoms with van der Waals surface area (Å²) in [5.74, 6) is 2.15. The molecule has 0 saturated carbocycles. The average molecular weight is 265 g/mol. The molecule has 1 atom stereocenters. The standard InChI is InChI=1S/C15H27N3O/c1-12-13(9-16-2)8-15(19-12)11-18-7-5-6-14(10-18)17(3)4/h8,14,16H,5-7,9-11H2,1-4H3. The Morgan fingerprint density at radius 3 is 2.95 bits per heavy atom. The second kappa shape index (κ2) is 6.55. The fourth-order valence-corrected chi connectivity index (χ4v) is 2.85. The molecule has 0 amide bonds. The summed E-state index contributed by atoms with van der Waals surface area (Å²) in [4.78, 5) is 4.85. The Labute approximate surface area is 116 Å². The van der Waals surface area contributed by atoms with Crippen LogP contribution < -0.4 is 5.32 Å². The van der Waals surface area contributed by atoms with Gasteiger partial charge in [-0.05, 0) is 53.5 Å². The van der Waals surface area contributed by atoms with Crippen LogP contribution in [0.2, 0.25) is 0 Å². The molecular weight excluding hydrogens is 238 g/mol. The summed E-state index contributed by atoms with van der Waals surface area (Å²) in [6.07, 6.45) is 2.59. The van der Waals surface area contributed by atoms with Crippen LogP contribution in [0.25, 0.3) is 0 Å². The van der Waals surface area contributed by atoms with Gasteiger partial charge >= 0.3 is 0 Å². The van der Waals surface area contributed by atoms with Crippen molar-refractivity contribution in [3.05, 3.63) is 23.2 Å². The second-order valence-electron chi connectivity index (χ2n) is 5.82. The molecule has 4 nitrogen and oxygen atoms in total. The average Bonchev–Trinajstić information content (AvgIpc) is 2.70. The van der Waals surface area contributed by atoms with Gasteiger partial charge < -0.3 is 14.6 Å². The van der Waals surface area contributed by atoms with Crippen molar-refractivity contribution in [1.29, 1.82) is 0 Å². The van der Waals surface area contributed by atoms with Crippen LogP contribution in [0.1, 0.15) is 29.9 Å². The van der Waals surface area contributed by atoms with E-state index in [2.05, 4.69) is 42.2 Å². The Balaban J connectivity index is 1.95. The molecule has 2 rings (SSSR count). The smallest absolute Gasteiger partial charge is 0.118 e. The molecule has 0 bridgehead atoms. The lowest BCUT2D eigenvalue weighted by Gasteiger charge is -2.35. The van der Waals surface area contributed by atoms with Crippen LogP contribution in [0.15, 0.2) is 10.5 Å². The molecule has 1 N–H and O–H groups in total. The van der Waals surface area contributed by atoms with E-state index in [0.717, 1.165) is 31.2 Å². The normalized spacial score (nSPS) is 21.2. The molecule has 0 spiro atoms. The van der Waals surface area contributed by atoms with Crippen molar-refractivity contribution < 1.29 is 4.42 Å². The topological polar surface area (TPSA) is 31.6 Å². The molecule has 0 aromatic carbocycles. The third-order valence-electron chi connectivity index (χ3n) is 4.03. The SMILES string of the molecule is CNCc1cc(CN2CCCC(N(C)C)C2)oc1C. The number of aryl methyl sites for hydroxylation is 1. The molecule has 108 valence electrons. The van der Waals surface area contributed by atoms with Crippen LogP contribution >= 0.6 is 0 Å². The van der Waals surface area contributed by atoms with Gasteiger partial charge in [-0.2, -0.15) is 0 Å². The lowest BCUT2D eigenvalue weighted by Crippen LogP contribution is -2.44. The lowest BCUT2D eigenvalue weighted by atomic mass is 10.0. The molecule has 0 radical (unpaired) electrons. The first kappa shape index (κ1) is 14.6. The van der Waals surface area contributed by atoms with Crippen molar-refractivity contribution in [3.8, 4) is 0 Å². The Hall–Kier alpha value is -0.840. The number of nitrogens with zero attached hydrogens (tertiary/aromatic N) is 2. The lowest BCUT2D eigenvalue weighted by molar-refractivity contribution is 0.121. The van der Waals surface area contributed by atoms with Crippen LogP contribution in [0.3, 0.4) is 0 Å². The summed E-state index contributed by atoms with van der Waals surface area (Å²) in [5, 5.41) is 3.18. The maximum absolute atomic E-state index is 5.87. The van der Waals surface area contributed by atoms with Gasteiger partial charge in [0.2, 0.25) is 0 Å². The zero-order chi connectivity index (χ0) is 13.8. The molecule has 2 heterocycles. The van der Waals surface area contributed by atoms with Crippen molar-refractivity contribution in [1.82, 2.24) is 15.1 Å². The van der Waals surface area contributed by atoms with Gasteiger partial charge in [-0.3, -0.25) is 4.90 Å². The number of piperidine rings is 1. The predicted molar refractivity (Wildman–Crippen MR) is 78.2 cm³/mol. The minimum absolute atomic E-state index is 0.682. The van der Waals surface area contributed by atoms with Crippen LogP contribution in [-0.2, 0) is 13.1 Å². The Kier molecular flexibility index (Phi) is 5.02. The zero-order valence-corrected chi connectivity index (χ0v) is 12.7. The van der Waals surface area contributed by atoms with E-state index in [9.17, 15) is 0 Å². The number of nitrogens with one attached hydrogen (secondary N) is 1. The molecular formula is C15H27N3O. The van der Waals surface area contributed by atoms with Gasteiger partial charge in [0.15, 0.2) is 0 Å². The van der Waals surface area contributed by atoms with E-state index in [-0.39, 0.29) is 0 Å². The van der Waals surface area contributed by atoms with Gasteiger partial charge in [-0.15, -0.1) is 0 Å². The van der Waals surface area contributed by atoms with Gasteiger partial charge in [0.25, 0.3) is 0 Å². The van der Waals surface area contributed by atoms with Gasteiger partial charge in [0.05, 0.1) is 6.54 Å². The fraction of sp³-hybridized carbons (Fsp3) is 0.733. The van der Waals surface area contributed by atoms with Gasteiger partial charge in [-0.1, -0.05) is 0 Å². The number of likely N-dealkylation sites (N-methyl/N-ethyl adjacent to an activating group) is 1. The Bertz CT molecular complexity index is 400. The molecule has 1 aliphatic rings. The van der Waals surface area contributed by atoms with Crippen molar-refractivity contribution in [2.24, 2.45) is 0 Å². The van der Waals surface area contributed by atoms with Crippen LogP contribution in [0.5, 0.6) is 0 Å². The molecule has 1 fully saturated rings. The van der Waals surface area contributed by atoms with E-state index >= 15 is 0 Å². The molecule has 1 saturated heterocycles. The number of likely N-dealkylation sites (tertiary alicyclic amines) is 1. The van der Waals surface area contributed by atoms with Crippen molar-refractivity contribution >= 4 is 0 Å². The first-order valence-corrected chi connectivity index (χ1v) is 7.21. The Morgan fingerprint density at radius 1 is 1.47 bits per heavy atom. The molecule has 1 aromatic heterocycles. The largest absolute Gasteiger partial charge is 0.465 e. The first-order valence-electron chi connectivity index (χ1n) is 7.21. The molecule has 0 aliphatic carbocycles. The summed E-state index contributed by atoms with van der Waals surface area (Å²) in [6, 6.07) is 2.88. The summed E-state index contributed by atoms with van der Waals surface area (Å²) >= 11 is 0. The number of hydrogen-bond donors (Lipinski definition) is 1. The summed E-state index contributed by atoms with van der Waals surface area (Å²) in [5.41, 5.74) is 1.28. The minimum Gasteiger partial charge on any atom is -0.465 e. The highest BCUT2D eigenvalue weighted by atomic mass is 16.3. The zero-order valence-electron chi connectivity index (χ0n) is 12.7. The fourth-order valence-electron chi connectivity index (χ4n) is 2.85. The molecule has 1 aromatic rings. The summed E-state index contributed by atoms with van der Waals surface area (Å²) in [6.45, 7) is 6.21. The van der Waals surface area contributed by atoms with Crippen molar-refractivity contribution in [2.45, 2.75) is 38.9 Å². The predicted octanol–water partition coefficient (Wildman–Crippen LogP) is 1.83. The van der Waals surface area contributed by atoms with E-state index in [0.29, 0.717) is 6.04 Å². The maximum Gasteiger partial charge on any atom is 0.118 e. The summed E-state index contributed by atoms with van der Waals surface area (Å²) < 4.78 is 5.87. The van der Waals surface area contributed by atoms with E-state index < -0.39 is 0 Å². The minimum atomic E-state index is 0.682. The number of furan rings is 1. The highest BCUT2D eigenvalue weighted by Crippen LogP contribution is 2.20. The summed E-state index contributed by atoms with van der Waals surface area (Å²) in [7, 11) is 6.32. The van der Waals surface area contributed by atoms with Crippen molar-refractivity contribution in [2.75, 3.05) is 34.2 Å². The van der Waals surface area contributed by atoms with Gasteiger partial charge in [0.1, 0.15) is 11.5 Å². The maximum atomic E-state index is 5.87. The Morgan fingerprint density at radius 2 is 2.26 bits per heavy atom. The monoisotopic (exact) mass is 265 g/mol. The van der Waals surface area contributed by atoms with Gasteiger partial charge in [0, 0.05) is 24.7 Å². The van der Waals surface area contributed by atoms with E-state index in [1.807, 2.05) is 7.05 Å². The van der Waals surface area contributed by atoms with E-state index in [1.54, 1.807) is 0 Å². The third-order valence-corrected chi connectivity index (χ3v) is 4.03. The van der Waals surface area contributed by atoms with E-state index in [1.165, 1.54) is 24.9 Å². The van der Waals surface area contributed by atoms with E-state index in [4.69, 9.17) is 4.42 Å². The van der Waals surface area contributed by atoms with Crippen molar-refractivity contribution in [3.63, 3.8) is 0 Å². The number of rotatable bonds is 5. The third kappa shape index (κ3) is 3.81. The van der Waals surface area contributed by atoms with Crippen LogP contribution in [0, 0.1) is 6.92 Å². The quantitative estimate of drug-likeness (QED) is 0.880. The highest BCUT2D eigenvalue weighted by Gasteiger charge is 2.22. The molecule has 4 heteroatoms. The molecule has 1 unspecified atom stereocenters. The first-order chi connectivity index (χ1) is 9.10. The molecule has 19 heavy (non-hydrogen) atoms. The second-order valence-corrected chi connectivity index (χ2v) is 5.82. The van der Waals surface area contributed by atoms with Crippen LogP contribution in [0.4, 0.5) is 0 Å². The molecule has 1 aliphatic heterocycles. The highest BCUT2D eigenvalue weighted by molar-refractivity contribution is 5.20. The number of hydrogen-bond acceptors (Lipinski definition) is 4. The van der Waals surface area contributed by atoms with Crippen LogP contribution in [-0.4, -0.2) is 50.1 Å². The van der Waals surface area contributed by atoms with Gasteiger partial charge in [-0.25, -0.2) is 0 Å².